The van der Waals surface area contributed by atoms with Crippen LogP contribution < -0.4 is 14.8 Å². The zero-order chi connectivity index (χ0) is 15.6. The Labute approximate surface area is 126 Å². The fourth-order valence-electron chi connectivity index (χ4n) is 1.62. The number of methoxy groups -OCH3 is 1. The van der Waals surface area contributed by atoms with E-state index < -0.39 is 10.0 Å². The van der Waals surface area contributed by atoms with Crippen molar-refractivity contribution in [3.8, 4) is 5.75 Å². The highest BCUT2D eigenvalue weighted by Gasteiger charge is 2.12. The molecule has 6 nitrogen and oxygen atoms in total. The van der Waals surface area contributed by atoms with Gasteiger partial charge < -0.3 is 14.8 Å². The second kappa shape index (κ2) is 9.73. The van der Waals surface area contributed by atoms with E-state index in [-0.39, 0.29) is 4.90 Å². The Hall–Kier alpha value is -1.15. The van der Waals surface area contributed by atoms with Crippen molar-refractivity contribution < 1.29 is 17.9 Å². The van der Waals surface area contributed by atoms with Crippen LogP contribution in [0.1, 0.15) is 13.3 Å². The van der Waals surface area contributed by atoms with Crippen molar-refractivity contribution in [2.24, 2.45) is 0 Å². The lowest BCUT2D eigenvalue weighted by molar-refractivity contribution is 0.146. The molecular weight excluding hydrogens is 292 g/mol. The number of benzene rings is 1. The molecular formula is C14H24N2O4S. The molecule has 0 amide bonds. The molecule has 0 unspecified atom stereocenters. The van der Waals surface area contributed by atoms with Crippen LogP contribution in [0, 0.1) is 0 Å². The lowest BCUT2D eigenvalue weighted by atomic mass is 10.3. The van der Waals surface area contributed by atoms with Gasteiger partial charge in [0.2, 0.25) is 10.0 Å². The minimum absolute atomic E-state index is 0.233. The van der Waals surface area contributed by atoms with Gasteiger partial charge in [0, 0.05) is 20.2 Å². The molecule has 0 aliphatic rings. The summed E-state index contributed by atoms with van der Waals surface area (Å²) in [5.74, 6) is 0.621. The number of rotatable bonds is 11. The quantitative estimate of drug-likeness (QED) is 0.595. The van der Waals surface area contributed by atoms with Gasteiger partial charge in [0.1, 0.15) is 12.4 Å². The van der Waals surface area contributed by atoms with Crippen LogP contribution in [0.5, 0.6) is 5.75 Å². The van der Waals surface area contributed by atoms with Crippen LogP contribution >= 0.6 is 0 Å². The summed E-state index contributed by atoms with van der Waals surface area (Å²) in [6, 6.07) is 6.34. The summed E-state index contributed by atoms with van der Waals surface area (Å²) in [5, 5.41) is 3.14. The van der Waals surface area contributed by atoms with E-state index in [0.717, 1.165) is 13.0 Å². The maximum Gasteiger partial charge on any atom is 0.240 e. The van der Waals surface area contributed by atoms with Gasteiger partial charge in [-0.2, -0.15) is 0 Å². The van der Waals surface area contributed by atoms with Crippen LogP contribution in [0.15, 0.2) is 29.2 Å². The van der Waals surface area contributed by atoms with Gasteiger partial charge in [-0.15, -0.1) is 0 Å². The summed E-state index contributed by atoms with van der Waals surface area (Å²) in [5.41, 5.74) is 0. The average Bonchev–Trinajstić information content (AvgIpc) is 2.48. The fraction of sp³-hybridized carbons (Fsp3) is 0.571. The zero-order valence-electron chi connectivity index (χ0n) is 12.6. The molecule has 0 aliphatic heterocycles. The van der Waals surface area contributed by atoms with Crippen LogP contribution in [-0.2, 0) is 14.8 Å². The van der Waals surface area contributed by atoms with Gasteiger partial charge in [-0.05, 0) is 37.2 Å². The predicted octanol–water partition coefficient (Wildman–Crippen LogP) is 0.990. The van der Waals surface area contributed by atoms with Gasteiger partial charge in [-0.1, -0.05) is 6.92 Å². The molecule has 120 valence electrons. The average molecular weight is 316 g/mol. The highest BCUT2D eigenvalue weighted by atomic mass is 32.2. The first kappa shape index (κ1) is 17.9. The Bertz CT molecular complexity index is 488. The second-order valence-electron chi connectivity index (χ2n) is 4.46. The molecule has 0 heterocycles. The second-order valence-corrected chi connectivity index (χ2v) is 6.23. The molecule has 0 saturated heterocycles. The normalized spacial score (nSPS) is 11.5. The Morgan fingerprint density at radius 3 is 2.38 bits per heavy atom. The van der Waals surface area contributed by atoms with Crippen molar-refractivity contribution in [2.45, 2.75) is 18.2 Å². The Balaban J connectivity index is 2.47. The standard InChI is InChI=1S/C14H24N2O4S/c1-3-8-15-9-10-16-21(17,18)14-6-4-13(5-7-14)20-12-11-19-2/h4-7,15-16H,3,8-12H2,1-2H3. The van der Waals surface area contributed by atoms with Crippen LogP contribution in [-0.4, -0.2) is 48.4 Å². The third-order valence-corrected chi connectivity index (χ3v) is 4.19. The van der Waals surface area contributed by atoms with Crippen molar-refractivity contribution in [3.63, 3.8) is 0 Å². The van der Waals surface area contributed by atoms with Crippen molar-refractivity contribution in [1.82, 2.24) is 10.0 Å². The van der Waals surface area contributed by atoms with E-state index >= 15 is 0 Å². The summed E-state index contributed by atoms with van der Waals surface area (Å²) in [6.45, 7) is 4.86. The van der Waals surface area contributed by atoms with Gasteiger partial charge in [0.25, 0.3) is 0 Å². The predicted molar refractivity (Wildman–Crippen MR) is 82.2 cm³/mol. The monoisotopic (exact) mass is 316 g/mol. The Morgan fingerprint density at radius 1 is 1.05 bits per heavy atom. The first-order chi connectivity index (χ1) is 10.1. The molecule has 0 bridgehead atoms. The number of hydrogen-bond donors (Lipinski definition) is 2. The summed E-state index contributed by atoms with van der Waals surface area (Å²) >= 11 is 0. The van der Waals surface area contributed by atoms with E-state index in [2.05, 4.69) is 17.0 Å². The minimum atomic E-state index is -3.46. The van der Waals surface area contributed by atoms with E-state index in [1.165, 1.54) is 12.1 Å². The summed E-state index contributed by atoms with van der Waals surface area (Å²) in [6.07, 6.45) is 1.03. The lowest BCUT2D eigenvalue weighted by Crippen LogP contribution is -2.32. The number of hydrogen-bond acceptors (Lipinski definition) is 5. The van der Waals surface area contributed by atoms with E-state index in [1.54, 1.807) is 19.2 Å². The van der Waals surface area contributed by atoms with Gasteiger partial charge >= 0.3 is 0 Å². The van der Waals surface area contributed by atoms with Gasteiger partial charge in [0.15, 0.2) is 0 Å². The molecule has 0 aliphatic carbocycles. The highest BCUT2D eigenvalue weighted by Crippen LogP contribution is 2.15. The molecule has 0 saturated carbocycles. The Morgan fingerprint density at radius 2 is 1.76 bits per heavy atom. The van der Waals surface area contributed by atoms with Crippen LogP contribution in [0.3, 0.4) is 0 Å². The SMILES string of the molecule is CCCNCCNS(=O)(=O)c1ccc(OCCOC)cc1. The topological polar surface area (TPSA) is 76.7 Å². The smallest absolute Gasteiger partial charge is 0.240 e. The third kappa shape index (κ3) is 6.90. The molecule has 1 aromatic carbocycles. The van der Waals surface area contributed by atoms with Crippen molar-refractivity contribution in [2.75, 3.05) is 40.0 Å². The van der Waals surface area contributed by atoms with E-state index in [4.69, 9.17) is 9.47 Å². The molecule has 2 N–H and O–H groups in total. The highest BCUT2D eigenvalue weighted by molar-refractivity contribution is 7.89. The molecule has 21 heavy (non-hydrogen) atoms. The van der Waals surface area contributed by atoms with Crippen molar-refractivity contribution >= 4 is 10.0 Å². The molecule has 1 aromatic rings. The first-order valence-corrected chi connectivity index (χ1v) is 8.50. The van der Waals surface area contributed by atoms with Crippen molar-refractivity contribution in [1.29, 1.82) is 0 Å². The summed E-state index contributed by atoms with van der Waals surface area (Å²) in [7, 11) is -1.86. The maximum absolute atomic E-state index is 12.0. The molecule has 0 atom stereocenters. The molecule has 7 heteroatoms. The molecule has 0 aromatic heterocycles. The maximum atomic E-state index is 12.0. The van der Waals surface area contributed by atoms with Gasteiger partial charge in [0.05, 0.1) is 11.5 Å². The molecule has 0 radical (unpaired) electrons. The fourth-order valence-corrected chi connectivity index (χ4v) is 2.65. The lowest BCUT2D eigenvalue weighted by Gasteiger charge is -2.09. The van der Waals surface area contributed by atoms with Gasteiger partial charge in [-0.3, -0.25) is 0 Å². The molecule has 0 spiro atoms. The van der Waals surface area contributed by atoms with E-state index in [0.29, 0.717) is 32.1 Å². The largest absolute Gasteiger partial charge is 0.491 e. The Kier molecular flexibility index (Phi) is 8.29. The van der Waals surface area contributed by atoms with Crippen molar-refractivity contribution in [3.05, 3.63) is 24.3 Å². The van der Waals surface area contributed by atoms with E-state index in [1.807, 2.05) is 0 Å². The summed E-state index contributed by atoms with van der Waals surface area (Å²) < 4.78 is 36.9. The summed E-state index contributed by atoms with van der Waals surface area (Å²) in [4.78, 5) is 0.233. The van der Waals surface area contributed by atoms with E-state index in [9.17, 15) is 8.42 Å². The number of ether oxygens (including phenoxy) is 2. The number of sulfonamides is 1. The van der Waals surface area contributed by atoms with Crippen LogP contribution in [0.25, 0.3) is 0 Å². The van der Waals surface area contributed by atoms with Gasteiger partial charge in [-0.25, -0.2) is 13.1 Å². The third-order valence-electron chi connectivity index (χ3n) is 2.71. The molecule has 1 rings (SSSR count). The molecule has 0 fully saturated rings. The minimum Gasteiger partial charge on any atom is -0.491 e. The van der Waals surface area contributed by atoms with Crippen LogP contribution in [0.4, 0.5) is 0 Å². The van der Waals surface area contributed by atoms with Crippen LogP contribution in [0.2, 0.25) is 0 Å². The first-order valence-electron chi connectivity index (χ1n) is 7.02. The number of nitrogens with one attached hydrogen (secondary N) is 2. The zero-order valence-corrected chi connectivity index (χ0v) is 13.4.